The first-order valence-corrected chi connectivity index (χ1v) is 5.79. The monoisotopic (exact) mass is 209 g/mol. The van der Waals surface area contributed by atoms with Crippen LogP contribution in [0.15, 0.2) is 5.16 Å². The zero-order valence-electron chi connectivity index (χ0n) is 8.19. The fraction of sp³-hybridized carbons (Fsp3) is 0.857. The Kier molecular flexibility index (Phi) is 5.95. The van der Waals surface area contributed by atoms with E-state index in [1.54, 1.807) is 20.8 Å². The molecule has 0 aromatic heterocycles. The van der Waals surface area contributed by atoms with Gasteiger partial charge in [-0.1, -0.05) is 12.1 Å². The first-order valence-electron chi connectivity index (χ1n) is 4.25. The van der Waals surface area contributed by atoms with Crippen LogP contribution < -0.4 is 0 Å². The third-order valence-electron chi connectivity index (χ3n) is 1.35. The summed E-state index contributed by atoms with van der Waals surface area (Å²) < 4.78 is 21.8. The van der Waals surface area contributed by atoms with Crippen molar-refractivity contribution >= 4 is 13.0 Å². The Balaban J connectivity index is 4.66. The number of hydrogen-bond donors (Lipinski definition) is 1. The molecular weight excluding hydrogens is 193 g/mol. The highest BCUT2D eigenvalue weighted by atomic mass is 31.2. The average Bonchev–Trinajstić information content (AvgIpc) is 2.07. The molecule has 0 bridgehead atoms. The molecule has 1 N–H and O–H groups in total. The summed E-state index contributed by atoms with van der Waals surface area (Å²) in [6.07, 6.45) is 0.341. The van der Waals surface area contributed by atoms with Gasteiger partial charge >= 0.3 is 7.60 Å². The molecule has 0 aliphatic rings. The zero-order chi connectivity index (χ0) is 10.3. The van der Waals surface area contributed by atoms with Gasteiger partial charge in [-0.05, 0) is 20.3 Å². The minimum Gasteiger partial charge on any atom is -0.410 e. The van der Waals surface area contributed by atoms with Crippen molar-refractivity contribution in [1.29, 1.82) is 0 Å². The smallest absolute Gasteiger partial charge is 0.378 e. The van der Waals surface area contributed by atoms with Gasteiger partial charge in [0.15, 0.2) is 5.45 Å². The van der Waals surface area contributed by atoms with Crippen molar-refractivity contribution in [3.63, 3.8) is 0 Å². The van der Waals surface area contributed by atoms with Crippen LogP contribution in [0.25, 0.3) is 0 Å². The highest BCUT2D eigenvalue weighted by Gasteiger charge is 2.30. The van der Waals surface area contributed by atoms with E-state index in [0.717, 1.165) is 0 Å². The normalized spacial score (nSPS) is 13.3. The largest absolute Gasteiger partial charge is 0.410 e. The van der Waals surface area contributed by atoms with E-state index in [-0.39, 0.29) is 18.7 Å². The van der Waals surface area contributed by atoms with Crippen LogP contribution in [-0.4, -0.2) is 23.9 Å². The molecule has 13 heavy (non-hydrogen) atoms. The van der Waals surface area contributed by atoms with E-state index in [4.69, 9.17) is 14.3 Å². The minimum atomic E-state index is -3.33. The van der Waals surface area contributed by atoms with Gasteiger partial charge in [0.2, 0.25) is 0 Å². The summed E-state index contributed by atoms with van der Waals surface area (Å²) in [6, 6.07) is 0. The Morgan fingerprint density at radius 2 is 1.77 bits per heavy atom. The van der Waals surface area contributed by atoms with Crippen molar-refractivity contribution in [2.24, 2.45) is 5.16 Å². The molecule has 0 saturated carbocycles. The second-order valence-electron chi connectivity index (χ2n) is 2.20. The van der Waals surface area contributed by atoms with Crippen molar-refractivity contribution in [3.8, 4) is 0 Å². The molecule has 0 spiro atoms. The molecule has 0 unspecified atom stereocenters. The lowest BCUT2D eigenvalue weighted by Gasteiger charge is -2.16. The molecule has 0 aliphatic heterocycles. The van der Waals surface area contributed by atoms with Crippen molar-refractivity contribution in [2.75, 3.05) is 13.2 Å². The van der Waals surface area contributed by atoms with Gasteiger partial charge in [0.25, 0.3) is 0 Å². The van der Waals surface area contributed by atoms with E-state index in [1.165, 1.54) is 0 Å². The van der Waals surface area contributed by atoms with Gasteiger partial charge in [0.1, 0.15) is 0 Å². The third kappa shape index (κ3) is 3.46. The van der Waals surface area contributed by atoms with E-state index in [2.05, 4.69) is 5.16 Å². The van der Waals surface area contributed by atoms with E-state index < -0.39 is 7.60 Å². The summed E-state index contributed by atoms with van der Waals surface area (Å²) in [5, 5.41) is 11.5. The lowest BCUT2D eigenvalue weighted by atomic mass is 10.5. The maximum absolute atomic E-state index is 11.8. The van der Waals surface area contributed by atoms with Gasteiger partial charge in [0.05, 0.1) is 13.2 Å². The van der Waals surface area contributed by atoms with Crippen molar-refractivity contribution in [1.82, 2.24) is 0 Å². The fourth-order valence-corrected chi connectivity index (χ4v) is 2.39. The average molecular weight is 209 g/mol. The third-order valence-corrected chi connectivity index (χ3v) is 3.58. The van der Waals surface area contributed by atoms with Crippen LogP contribution in [0.5, 0.6) is 0 Å². The van der Waals surface area contributed by atoms with Crippen LogP contribution in [0.2, 0.25) is 0 Å². The van der Waals surface area contributed by atoms with Crippen LogP contribution in [-0.2, 0) is 13.6 Å². The van der Waals surface area contributed by atoms with Crippen LogP contribution in [0.1, 0.15) is 27.2 Å². The maximum Gasteiger partial charge on any atom is 0.378 e. The predicted octanol–water partition coefficient (Wildman–Crippen LogP) is 2.45. The zero-order valence-corrected chi connectivity index (χ0v) is 9.08. The number of nitrogens with zero attached hydrogens (tertiary/aromatic N) is 1. The number of hydrogen-bond acceptors (Lipinski definition) is 5. The Hall–Kier alpha value is -0.380. The number of oxime groups is 1. The van der Waals surface area contributed by atoms with Crippen LogP contribution in [0.3, 0.4) is 0 Å². The van der Waals surface area contributed by atoms with Crippen LogP contribution in [0, 0.1) is 0 Å². The highest BCUT2D eigenvalue weighted by molar-refractivity contribution is 7.72. The lowest BCUT2D eigenvalue weighted by molar-refractivity contribution is 0.229. The van der Waals surface area contributed by atoms with Crippen LogP contribution in [0.4, 0.5) is 0 Å². The molecule has 0 rings (SSSR count). The molecule has 6 heteroatoms. The molecule has 0 aliphatic carbocycles. The maximum atomic E-state index is 11.8. The van der Waals surface area contributed by atoms with E-state index >= 15 is 0 Å². The Morgan fingerprint density at radius 3 is 2.00 bits per heavy atom. The molecule has 0 radical (unpaired) electrons. The molecular formula is C7H16NO4P. The molecule has 78 valence electrons. The second-order valence-corrected chi connectivity index (χ2v) is 4.23. The number of rotatable bonds is 6. The molecule has 0 aromatic carbocycles. The molecule has 0 saturated heterocycles. The Morgan fingerprint density at radius 1 is 1.31 bits per heavy atom. The van der Waals surface area contributed by atoms with Crippen LogP contribution >= 0.6 is 7.60 Å². The van der Waals surface area contributed by atoms with E-state index in [0.29, 0.717) is 6.42 Å². The topological polar surface area (TPSA) is 68.1 Å². The van der Waals surface area contributed by atoms with Gasteiger partial charge in [-0.15, -0.1) is 0 Å². The molecule has 0 aromatic rings. The van der Waals surface area contributed by atoms with Gasteiger partial charge in [-0.25, -0.2) is 0 Å². The minimum absolute atomic E-state index is 0.0659. The molecule has 0 amide bonds. The summed E-state index contributed by atoms with van der Waals surface area (Å²) in [7, 11) is -3.33. The summed E-state index contributed by atoms with van der Waals surface area (Å²) in [5.74, 6) is 0. The summed E-state index contributed by atoms with van der Waals surface area (Å²) >= 11 is 0. The van der Waals surface area contributed by atoms with Crippen molar-refractivity contribution in [3.05, 3.63) is 0 Å². The second kappa shape index (κ2) is 6.13. The van der Waals surface area contributed by atoms with E-state index in [1.807, 2.05) is 0 Å². The molecule has 0 atom stereocenters. The molecule has 0 heterocycles. The standard InChI is InChI=1S/C7H16NO4P/c1-4-7(8-9)13(10,11-5-2)12-6-3/h9H,4-6H2,1-3H3/b8-7-. The van der Waals surface area contributed by atoms with Gasteiger partial charge in [0, 0.05) is 0 Å². The molecule has 5 nitrogen and oxygen atoms in total. The van der Waals surface area contributed by atoms with Crippen molar-refractivity contribution in [2.45, 2.75) is 27.2 Å². The van der Waals surface area contributed by atoms with E-state index in [9.17, 15) is 4.57 Å². The SMILES string of the molecule is CCOP(=O)(OCC)/C(CC)=N\O. The van der Waals surface area contributed by atoms with Crippen molar-refractivity contribution < 1.29 is 18.8 Å². The highest BCUT2D eigenvalue weighted by Crippen LogP contribution is 2.50. The molecule has 0 fully saturated rings. The van der Waals surface area contributed by atoms with Gasteiger partial charge in [-0.3, -0.25) is 4.57 Å². The Bertz CT molecular complexity index is 207. The summed E-state index contributed by atoms with van der Waals surface area (Å²) in [4.78, 5) is 0. The first-order chi connectivity index (χ1) is 6.14. The lowest BCUT2D eigenvalue weighted by Crippen LogP contribution is -2.06. The quantitative estimate of drug-likeness (QED) is 0.316. The predicted molar refractivity (Wildman–Crippen MR) is 50.4 cm³/mol. The summed E-state index contributed by atoms with van der Waals surface area (Å²) in [6.45, 7) is 5.65. The Labute approximate surface area is 78.3 Å². The first kappa shape index (κ1) is 12.6. The van der Waals surface area contributed by atoms with Gasteiger partial charge < -0.3 is 14.3 Å². The summed E-state index contributed by atoms with van der Waals surface area (Å²) in [5.41, 5.74) is 0.0659. The fourth-order valence-electron chi connectivity index (χ4n) is 0.845. The van der Waals surface area contributed by atoms with Gasteiger partial charge in [-0.2, -0.15) is 0 Å².